The molecule has 4 nitrogen and oxygen atoms in total. The highest BCUT2D eigenvalue weighted by Gasteiger charge is 2.07. The second-order valence-corrected chi connectivity index (χ2v) is 4.23. The van der Waals surface area contributed by atoms with Crippen LogP contribution in [0.15, 0.2) is 30.6 Å². The number of aromatic nitrogens is 2. The quantitative estimate of drug-likeness (QED) is 0.845. The molecule has 0 saturated carbocycles. The van der Waals surface area contributed by atoms with Crippen LogP contribution in [0.5, 0.6) is 11.5 Å². The van der Waals surface area contributed by atoms with Crippen molar-refractivity contribution in [2.24, 2.45) is 0 Å². The van der Waals surface area contributed by atoms with Gasteiger partial charge >= 0.3 is 0 Å². The minimum absolute atomic E-state index is 0.445. The van der Waals surface area contributed by atoms with Crippen molar-refractivity contribution in [1.82, 2.24) is 9.78 Å². The fourth-order valence-corrected chi connectivity index (χ4v) is 1.71. The van der Waals surface area contributed by atoms with Gasteiger partial charge in [0.15, 0.2) is 5.75 Å². The van der Waals surface area contributed by atoms with E-state index in [0.717, 1.165) is 13.0 Å². The van der Waals surface area contributed by atoms with Gasteiger partial charge in [-0.15, -0.1) is 0 Å². The van der Waals surface area contributed by atoms with E-state index in [4.69, 9.17) is 21.6 Å². The van der Waals surface area contributed by atoms with Crippen LogP contribution in [-0.4, -0.2) is 9.78 Å². The van der Waals surface area contributed by atoms with Gasteiger partial charge in [-0.3, -0.25) is 4.68 Å². The number of nitriles is 1. The number of rotatable bonds is 4. The van der Waals surface area contributed by atoms with Gasteiger partial charge in [0, 0.05) is 17.6 Å². The van der Waals surface area contributed by atoms with Crippen molar-refractivity contribution in [2.75, 3.05) is 0 Å². The summed E-state index contributed by atoms with van der Waals surface area (Å²) < 4.78 is 7.42. The first-order valence-electron chi connectivity index (χ1n) is 5.63. The lowest BCUT2D eigenvalue weighted by atomic mass is 10.2. The van der Waals surface area contributed by atoms with Crippen LogP contribution in [0, 0.1) is 11.3 Å². The van der Waals surface area contributed by atoms with E-state index in [0.29, 0.717) is 22.1 Å². The molecule has 1 aromatic carbocycles. The first-order valence-corrected chi connectivity index (χ1v) is 6.00. The van der Waals surface area contributed by atoms with Crippen LogP contribution < -0.4 is 4.74 Å². The molecule has 18 heavy (non-hydrogen) atoms. The minimum atomic E-state index is 0.445. The van der Waals surface area contributed by atoms with Gasteiger partial charge in [0.25, 0.3) is 0 Å². The molecule has 0 aliphatic heterocycles. The van der Waals surface area contributed by atoms with Crippen molar-refractivity contribution in [3.63, 3.8) is 0 Å². The molecule has 0 aliphatic carbocycles. The van der Waals surface area contributed by atoms with Gasteiger partial charge in [0.05, 0.1) is 18.0 Å². The summed E-state index contributed by atoms with van der Waals surface area (Å²) in [5.41, 5.74) is 0.447. The predicted molar refractivity (Wildman–Crippen MR) is 68.8 cm³/mol. The highest BCUT2D eigenvalue weighted by Crippen LogP contribution is 2.27. The highest BCUT2D eigenvalue weighted by atomic mass is 35.5. The second-order valence-electron chi connectivity index (χ2n) is 3.79. The number of ether oxygens (including phenoxy) is 1. The van der Waals surface area contributed by atoms with Crippen LogP contribution in [0.1, 0.15) is 18.9 Å². The molecule has 2 aromatic rings. The number of halogens is 1. The Bertz CT molecular complexity index is 586. The van der Waals surface area contributed by atoms with Gasteiger partial charge in [0.2, 0.25) is 0 Å². The summed E-state index contributed by atoms with van der Waals surface area (Å²) in [5.74, 6) is 1.04. The molecule has 5 heteroatoms. The number of hydrogen-bond donors (Lipinski definition) is 0. The average molecular weight is 262 g/mol. The van der Waals surface area contributed by atoms with E-state index in [1.165, 1.54) is 0 Å². The van der Waals surface area contributed by atoms with E-state index in [2.05, 4.69) is 18.1 Å². The van der Waals surface area contributed by atoms with Crippen molar-refractivity contribution in [1.29, 1.82) is 5.26 Å². The molecule has 0 radical (unpaired) electrons. The van der Waals surface area contributed by atoms with Crippen molar-refractivity contribution in [2.45, 2.75) is 19.9 Å². The van der Waals surface area contributed by atoms with Crippen LogP contribution in [0.2, 0.25) is 5.02 Å². The molecule has 1 heterocycles. The SMILES string of the molecule is CCCn1cc(Oc2cc(Cl)ccc2C#N)cn1. The number of nitrogens with zero attached hydrogens (tertiary/aromatic N) is 3. The summed E-state index contributed by atoms with van der Waals surface area (Å²) in [6, 6.07) is 6.98. The topological polar surface area (TPSA) is 50.8 Å². The molecule has 0 N–H and O–H groups in total. The maximum absolute atomic E-state index is 8.98. The van der Waals surface area contributed by atoms with Gasteiger partial charge in [-0.1, -0.05) is 18.5 Å². The third kappa shape index (κ3) is 2.82. The lowest BCUT2D eigenvalue weighted by molar-refractivity contribution is 0.479. The molecule has 92 valence electrons. The average Bonchev–Trinajstić information content (AvgIpc) is 2.77. The van der Waals surface area contributed by atoms with Gasteiger partial charge < -0.3 is 4.74 Å². The van der Waals surface area contributed by atoms with E-state index < -0.39 is 0 Å². The largest absolute Gasteiger partial charge is 0.453 e. The van der Waals surface area contributed by atoms with Crippen LogP contribution in [0.4, 0.5) is 0 Å². The second kappa shape index (κ2) is 5.56. The summed E-state index contributed by atoms with van der Waals surface area (Å²) in [6.45, 7) is 2.91. The molecule has 2 rings (SSSR count). The fraction of sp³-hybridized carbons (Fsp3) is 0.231. The van der Waals surface area contributed by atoms with E-state index in [9.17, 15) is 0 Å². The van der Waals surface area contributed by atoms with Crippen LogP contribution in [0.25, 0.3) is 0 Å². The Morgan fingerprint density at radius 1 is 1.50 bits per heavy atom. The maximum atomic E-state index is 8.98. The van der Waals surface area contributed by atoms with Gasteiger partial charge in [-0.2, -0.15) is 10.4 Å². The molecule has 0 spiro atoms. The first kappa shape index (κ1) is 12.5. The molecule has 0 fully saturated rings. The molecule has 0 saturated heterocycles. The summed E-state index contributed by atoms with van der Waals surface area (Å²) in [6.07, 6.45) is 4.42. The molecule has 0 bridgehead atoms. The lowest BCUT2D eigenvalue weighted by Gasteiger charge is -2.05. The molecule has 0 amide bonds. The Morgan fingerprint density at radius 2 is 2.33 bits per heavy atom. The summed E-state index contributed by atoms with van der Waals surface area (Å²) in [5, 5.41) is 13.7. The molecule has 1 aromatic heterocycles. The zero-order valence-electron chi connectivity index (χ0n) is 9.93. The lowest BCUT2D eigenvalue weighted by Crippen LogP contribution is -1.95. The number of aryl methyl sites for hydroxylation is 1. The zero-order valence-corrected chi connectivity index (χ0v) is 10.7. The fourth-order valence-electron chi connectivity index (χ4n) is 1.55. The summed E-state index contributed by atoms with van der Waals surface area (Å²) in [4.78, 5) is 0. The van der Waals surface area contributed by atoms with E-state index in [1.54, 1.807) is 35.3 Å². The van der Waals surface area contributed by atoms with E-state index in [1.807, 2.05) is 0 Å². The van der Waals surface area contributed by atoms with Crippen molar-refractivity contribution < 1.29 is 4.74 Å². The minimum Gasteiger partial charge on any atom is -0.453 e. The number of hydrogen-bond acceptors (Lipinski definition) is 3. The van der Waals surface area contributed by atoms with Gasteiger partial charge in [-0.05, 0) is 18.6 Å². The summed E-state index contributed by atoms with van der Waals surface area (Å²) in [7, 11) is 0. The molecule has 0 atom stereocenters. The molecule has 0 aliphatic rings. The van der Waals surface area contributed by atoms with Crippen LogP contribution in [-0.2, 0) is 6.54 Å². The smallest absolute Gasteiger partial charge is 0.165 e. The van der Waals surface area contributed by atoms with Gasteiger partial charge in [0.1, 0.15) is 11.8 Å². The zero-order chi connectivity index (χ0) is 13.0. The standard InChI is InChI=1S/C13H12ClN3O/c1-2-5-17-9-12(8-16-17)18-13-6-11(14)4-3-10(13)7-15/h3-4,6,8-9H,2,5H2,1H3. The van der Waals surface area contributed by atoms with Crippen molar-refractivity contribution in [3.05, 3.63) is 41.2 Å². The molecular formula is C13H12ClN3O. The van der Waals surface area contributed by atoms with E-state index in [-0.39, 0.29) is 0 Å². The molecule has 0 unspecified atom stereocenters. The van der Waals surface area contributed by atoms with E-state index >= 15 is 0 Å². The first-order chi connectivity index (χ1) is 8.72. The van der Waals surface area contributed by atoms with Crippen LogP contribution >= 0.6 is 11.6 Å². The van der Waals surface area contributed by atoms with Crippen molar-refractivity contribution >= 4 is 11.6 Å². The highest BCUT2D eigenvalue weighted by molar-refractivity contribution is 6.30. The third-order valence-corrected chi connectivity index (χ3v) is 2.59. The Balaban J connectivity index is 2.22. The molecular weight excluding hydrogens is 250 g/mol. The Morgan fingerprint density at radius 3 is 3.06 bits per heavy atom. The Kier molecular flexibility index (Phi) is 3.85. The summed E-state index contributed by atoms with van der Waals surface area (Å²) >= 11 is 5.88. The predicted octanol–water partition coefficient (Wildman–Crippen LogP) is 3.61. The van der Waals surface area contributed by atoms with Crippen LogP contribution in [0.3, 0.4) is 0 Å². The Hall–Kier alpha value is -1.99. The van der Waals surface area contributed by atoms with Crippen molar-refractivity contribution in [3.8, 4) is 17.6 Å². The number of benzene rings is 1. The maximum Gasteiger partial charge on any atom is 0.165 e. The normalized spacial score (nSPS) is 10.1. The Labute approximate surface area is 110 Å². The van der Waals surface area contributed by atoms with Gasteiger partial charge in [-0.25, -0.2) is 0 Å². The third-order valence-electron chi connectivity index (χ3n) is 2.35. The monoisotopic (exact) mass is 261 g/mol.